The maximum Gasteiger partial charge on any atom is 0.501 e. The molecule has 14 atom stereocenters. The molecule has 4 aromatic carbocycles. The van der Waals surface area contributed by atoms with Crippen LogP contribution in [0.25, 0.3) is 0 Å². The highest BCUT2D eigenvalue weighted by Crippen LogP contribution is 2.36. The number of carboxylic acids is 1. The number of allylic oxidation sites excluding steroid dienone is 2. The van der Waals surface area contributed by atoms with Gasteiger partial charge in [0, 0.05) is 71.1 Å². The minimum Gasteiger partial charge on any atom is -0.480 e. The van der Waals surface area contributed by atoms with Gasteiger partial charge in [0.1, 0.15) is 60.6 Å². The number of hydrogen-bond donors (Lipinski definition) is 9. The molecule has 2 saturated heterocycles. The van der Waals surface area contributed by atoms with Crippen LogP contribution in [0.1, 0.15) is 139 Å². The third-order valence-electron chi connectivity index (χ3n) is 21.1. The van der Waals surface area contributed by atoms with Crippen molar-refractivity contribution in [1.82, 2.24) is 51.0 Å². The molecule has 2 aliphatic heterocycles. The summed E-state index contributed by atoms with van der Waals surface area (Å²) >= 11 is 0. The predicted octanol–water partition coefficient (Wildman–Crippen LogP) is 3.15. The molecule has 7 amide bonds. The Morgan fingerprint density at radius 3 is 1.97 bits per heavy atom. The van der Waals surface area contributed by atoms with Crippen LogP contribution in [0.15, 0.2) is 109 Å². The number of ketones is 2. The van der Waals surface area contributed by atoms with E-state index in [9.17, 15) is 86.7 Å². The van der Waals surface area contributed by atoms with Crippen LogP contribution in [-0.4, -0.2) is 297 Å². The first-order valence-corrected chi connectivity index (χ1v) is 42.2. The molecule has 2 aliphatic rings. The van der Waals surface area contributed by atoms with Crippen LogP contribution in [0.3, 0.4) is 0 Å². The number of carbonyl (C=O) groups excluding carboxylic acids is 10. The SMILES string of the molecule is CCC(C)[C@@H]([C@@H](CC(=O)N1CCC[C@H]1[C@H](OC)[C@@H](C)C(=O)NC(Cc1ccccc1)C(=O)O)OC)N(C)C(=O)[C@@H](NC(=O)[C@H](C(C)C)N(C)C(=O)OCc1ccc(OS(=O)(=O)Oc2cc(C(=O)NCCOCCn3cc(COCCOCCNC(=O)c4cc(C(=O)/C=C/C(C)=O)cc(C(=O)OC)c4)nn3)ccc2OC2O[C@H](CO)[C@H](O)[C@H](O)[C@H]2O)cc1)C(C)C. The first-order chi connectivity index (χ1) is 59.4. The van der Waals surface area contributed by atoms with Crippen LogP contribution in [0.4, 0.5) is 4.79 Å². The highest BCUT2D eigenvalue weighted by atomic mass is 32.3. The summed E-state index contributed by atoms with van der Waals surface area (Å²) in [6.07, 6.45) is -6.27. The van der Waals surface area contributed by atoms with Crippen LogP contribution in [-0.2, 0) is 103 Å². The number of aliphatic carboxylic acids is 1. The number of aliphatic hydroxyl groups excluding tert-OH is 4. The molecule has 0 saturated carbocycles. The number of ether oxygens (including phenoxy) is 9. The molecule has 1 aromatic heterocycles. The van der Waals surface area contributed by atoms with Crippen molar-refractivity contribution in [2.75, 3.05) is 94.7 Å². The molecule has 3 heterocycles. The number of likely N-dealkylation sites (tertiary alicyclic amines) is 1. The van der Waals surface area contributed by atoms with Crippen molar-refractivity contribution in [3.05, 3.63) is 148 Å². The zero-order chi connectivity index (χ0) is 91.9. The largest absolute Gasteiger partial charge is 0.501 e. The number of nitrogens with zero attached hydrogens (tertiary/aromatic N) is 6. The molecule has 125 heavy (non-hydrogen) atoms. The standard InChI is InChI=1S/C85H116N10O29S/c1-14-51(6)72(67(114-11)44-69(99)95-32-18-21-63(95)76(115-12)53(8)77(103)88-62(82(108)109)39-54-19-16-15-17-20-54)92(9)81(107)70(49(2)3)89-80(106)71(50(4)5)93(10)85(111)120-47-55-23-26-61(27-24-55)123-125(112,113)124-66-43-56(25-29-65(66)121-84-75(102)74(101)73(100)68(46-96)122-84)78(104)86-30-34-117-36-33-94-45-60(90-91-94)48-119-38-37-118-35-31-87-79(105)58-40-57(64(98)28-22-52(7)97)41-59(42-58)83(110)116-13/h15-17,19-20,22-29,40-43,45,49-51,53,62-63,67-68,70-76,84,96,100-102H,14,18,21,30-39,44,46-48H2,1-13H3,(H,86,104)(H,87,105)(H,88,103)(H,89,106)(H,108,109)/b28-22+/t51?,53-,62?,63+,67-,68-,70+,71+,72+,73+,74+,75-,76-,84?/m1/s1. The van der Waals surface area contributed by atoms with Crippen LogP contribution < -0.4 is 34.4 Å². The van der Waals surface area contributed by atoms with E-state index < -0.39 is 179 Å². The van der Waals surface area contributed by atoms with E-state index in [1.54, 1.807) is 83.1 Å². The fourth-order valence-electron chi connectivity index (χ4n) is 14.2. The zero-order valence-electron chi connectivity index (χ0n) is 72.3. The van der Waals surface area contributed by atoms with E-state index in [-0.39, 0.29) is 118 Å². The average molecular weight is 1770 g/mol. The van der Waals surface area contributed by atoms with Gasteiger partial charge in [-0.15, -0.1) is 13.5 Å². The molecule has 5 aromatic rings. The Bertz CT molecular complexity index is 4590. The molecule has 39 nitrogen and oxygen atoms in total. The minimum atomic E-state index is -5.18. The lowest BCUT2D eigenvalue weighted by molar-refractivity contribution is -0.277. The molecule has 7 rings (SSSR count). The Kier molecular flexibility index (Phi) is 39.7. The van der Waals surface area contributed by atoms with Gasteiger partial charge in [-0.2, -0.15) is 0 Å². The summed E-state index contributed by atoms with van der Waals surface area (Å²) in [5.41, 5.74) is 1.32. The van der Waals surface area contributed by atoms with E-state index in [1.807, 2.05) is 13.8 Å². The third-order valence-corrected chi connectivity index (χ3v) is 21.9. The van der Waals surface area contributed by atoms with Crippen molar-refractivity contribution >= 4 is 75.4 Å². The van der Waals surface area contributed by atoms with Gasteiger partial charge in [0.05, 0.1) is 108 Å². The molecule has 0 aliphatic carbocycles. The summed E-state index contributed by atoms with van der Waals surface area (Å²) in [6.45, 7) is 13.6. The van der Waals surface area contributed by atoms with Crippen LogP contribution in [0.5, 0.6) is 17.2 Å². The van der Waals surface area contributed by atoms with Gasteiger partial charge in [-0.25, -0.2) is 19.1 Å². The second-order valence-corrected chi connectivity index (χ2v) is 32.0. The maximum atomic E-state index is 14.9. The third kappa shape index (κ3) is 29.6. The molecule has 40 heteroatoms. The molecule has 9 N–H and O–H groups in total. The first kappa shape index (κ1) is 101. The number of esters is 1. The van der Waals surface area contributed by atoms with E-state index in [1.165, 1.54) is 86.3 Å². The van der Waals surface area contributed by atoms with Crippen LogP contribution in [0, 0.1) is 23.7 Å². The number of amides is 7. The zero-order valence-corrected chi connectivity index (χ0v) is 73.1. The number of benzene rings is 4. The molecule has 0 spiro atoms. The van der Waals surface area contributed by atoms with Gasteiger partial charge in [-0.1, -0.05) is 103 Å². The lowest BCUT2D eigenvalue weighted by Crippen LogP contribution is -2.60. The lowest BCUT2D eigenvalue weighted by Gasteiger charge is -2.41. The van der Waals surface area contributed by atoms with Crippen molar-refractivity contribution in [2.45, 2.75) is 180 Å². The first-order valence-electron chi connectivity index (χ1n) is 40.8. The Morgan fingerprint density at radius 2 is 1.34 bits per heavy atom. The highest BCUT2D eigenvalue weighted by molar-refractivity contribution is 7.82. The summed E-state index contributed by atoms with van der Waals surface area (Å²) in [6, 6.07) is 16.3. The van der Waals surface area contributed by atoms with Gasteiger partial charge in [-0.3, -0.25) is 43.3 Å². The van der Waals surface area contributed by atoms with Crippen molar-refractivity contribution in [3.8, 4) is 17.2 Å². The molecule has 0 radical (unpaired) electrons. The molecular formula is C85H116N10O29S. The molecular weight excluding hydrogens is 1660 g/mol. The number of hydrogen-bond acceptors (Lipinski definition) is 30. The maximum absolute atomic E-state index is 14.9. The van der Waals surface area contributed by atoms with Crippen LogP contribution >= 0.6 is 0 Å². The van der Waals surface area contributed by atoms with Gasteiger partial charge in [-0.05, 0) is 109 Å². The Morgan fingerprint density at radius 1 is 0.688 bits per heavy atom. The Labute approximate surface area is 725 Å². The molecule has 686 valence electrons. The quantitative estimate of drug-likeness (QED) is 0.0117. The fourth-order valence-corrected chi connectivity index (χ4v) is 14.9. The number of methoxy groups -OCH3 is 3. The second-order valence-electron chi connectivity index (χ2n) is 30.8. The molecule has 2 fully saturated rings. The van der Waals surface area contributed by atoms with Gasteiger partial charge in [0.2, 0.25) is 29.9 Å². The Balaban J connectivity index is 0.889. The van der Waals surface area contributed by atoms with E-state index in [2.05, 4.69) is 31.6 Å². The lowest BCUT2D eigenvalue weighted by atomic mass is 9.89. The number of carboxylic acid groups (broad SMARTS) is 1. The monoisotopic (exact) mass is 1770 g/mol. The average Bonchev–Trinajstić information content (AvgIpc) is 1.61. The van der Waals surface area contributed by atoms with Crippen molar-refractivity contribution in [2.24, 2.45) is 23.7 Å². The minimum absolute atomic E-state index is 0.00236. The topological polar surface area (TPSA) is 513 Å². The smallest absolute Gasteiger partial charge is 0.480 e. The number of nitrogens with one attached hydrogen (secondary N) is 4. The van der Waals surface area contributed by atoms with E-state index in [4.69, 9.17) is 51.0 Å². The second kappa shape index (κ2) is 49.1. The molecule has 3 unspecified atom stereocenters. The number of carbonyl (C=O) groups is 11. The van der Waals surface area contributed by atoms with E-state index in [0.717, 1.165) is 41.9 Å². The Hall–Kier alpha value is -10.9. The molecule has 0 bridgehead atoms. The summed E-state index contributed by atoms with van der Waals surface area (Å²) in [7, 11) is 1.79. The predicted molar refractivity (Wildman–Crippen MR) is 445 cm³/mol. The van der Waals surface area contributed by atoms with Gasteiger partial charge < -0.3 is 108 Å². The number of aromatic nitrogens is 3. The number of likely N-dealkylation sites (N-methyl/N-ethyl adjacent to an activating group) is 2. The van der Waals surface area contributed by atoms with Gasteiger partial charge >= 0.3 is 28.4 Å². The van der Waals surface area contributed by atoms with Crippen molar-refractivity contribution < 1.29 is 138 Å². The van der Waals surface area contributed by atoms with E-state index >= 15 is 0 Å². The summed E-state index contributed by atoms with van der Waals surface area (Å²) < 4.78 is 90.1. The highest BCUT2D eigenvalue weighted by Gasteiger charge is 2.47. The van der Waals surface area contributed by atoms with Gasteiger partial charge in [0.25, 0.3) is 11.8 Å². The summed E-state index contributed by atoms with van der Waals surface area (Å²) in [5, 5.41) is 70.6. The number of rotatable bonds is 50. The summed E-state index contributed by atoms with van der Waals surface area (Å²) in [5.74, 6) is -9.98. The normalized spacial score (nSPS) is 18.4. The van der Waals surface area contributed by atoms with E-state index in [0.29, 0.717) is 37.1 Å². The van der Waals surface area contributed by atoms with Crippen molar-refractivity contribution in [3.63, 3.8) is 0 Å². The number of aliphatic hydroxyl groups is 4. The summed E-state index contributed by atoms with van der Waals surface area (Å²) in [4.78, 5) is 151. The van der Waals surface area contributed by atoms with Crippen molar-refractivity contribution in [1.29, 1.82) is 0 Å². The fraction of sp³-hybridized carbons (Fsp3) is 0.541. The van der Waals surface area contributed by atoms with Gasteiger partial charge in [0.15, 0.2) is 23.1 Å². The van der Waals surface area contributed by atoms with Crippen LogP contribution in [0.2, 0.25) is 0 Å².